The van der Waals surface area contributed by atoms with Gasteiger partial charge in [0.25, 0.3) is 0 Å². The summed E-state index contributed by atoms with van der Waals surface area (Å²) in [6, 6.07) is 2.95. The van der Waals surface area contributed by atoms with Crippen LogP contribution >= 0.6 is 11.6 Å². The Morgan fingerprint density at radius 1 is 1.29 bits per heavy atom. The number of carbonyl (C=O) groups is 2. The first-order chi connectivity index (χ1) is 9.69. The summed E-state index contributed by atoms with van der Waals surface area (Å²) >= 11 is 5.78. The lowest BCUT2D eigenvalue weighted by Crippen LogP contribution is -2.30. The van der Waals surface area contributed by atoms with E-state index in [0.29, 0.717) is 0 Å². The first-order valence-electron chi connectivity index (χ1n) is 5.83. The first-order valence-corrected chi connectivity index (χ1v) is 6.21. The number of anilines is 1. The van der Waals surface area contributed by atoms with Gasteiger partial charge in [-0.3, -0.25) is 0 Å². The number of urea groups is 1. The van der Waals surface area contributed by atoms with Gasteiger partial charge in [0.2, 0.25) is 0 Å². The number of carbonyl (C=O) groups excluding carboxylic acids is 1. The van der Waals surface area contributed by atoms with Crippen LogP contribution in [0.5, 0.6) is 0 Å². The van der Waals surface area contributed by atoms with Gasteiger partial charge in [0.05, 0.1) is 16.3 Å². The van der Waals surface area contributed by atoms with Crippen molar-refractivity contribution in [2.45, 2.75) is 19.0 Å². The second kappa shape index (κ2) is 7.16. The summed E-state index contributed by atoms with van der Waals surface area (Å²) in [7, 11) is 0. The van der Waals surface area contributed by atoms with Crippen LogP contribution in [0.2, 0.25) is 5.02 Å². The molecule has 116 valence electrons. The van der Waals surface area contributed by atoms with E-state index in [1.54, 1.807) is 0 Å². The van der Waals surface area contributed by atoms with E-state index in [1.165, 1.54) is 12.1 Å². The number of hydrogen-bond donors (Lipinski definition) is 3. The van der Waals surface area contributed by atoms with E-state index in [1.807, 2.05) is 0 Å². The van der Waals surface area contributed by atoms with Crippen molar-refractivity contribution in [1.29, 1.82) is 0 Å². The lowest BCUT2D eigenvalue weighted by Gasteiger charge is -2.10. The van der Waals surface area contributed by atoms with Crippen LogP contribution in [0, 0.1) is 0 Å². The van der Waals surface area contributed by atoms with Crippen molar-refractivity contribution in [1.82, 2.24) is 5.32 Å². The Bertz CT molecular complexity index is 535. The molecule has 0 saturated heterocycles. The molecule has 0 saturated carbocycles. The molecular weight excluding hydrogens is 313 g/mol. The molecule has 0 aliphatic heterocycles. The zero-order valence-electron chi connectivity index (χ0n) is 10.6. The molecule has 0 aromatic heterocycles. The molecule has 1 rings (SSSR count). The smallest absolute Gasteiger partial charge is 0.389 e. The van der Waals surface area contributed by atoms with Crippen LogP contribution in [-0.2, 0) is 0 Å². The molecule has 0 spiro atoms. The molecule has 0 aliphatic carbocycles. The van der Waals surface area contributed by atoms with Gasteiger partial charge < -0.3 is 15.7 Å². The van der Waals surface area contributed by atoms with Gasteiger partial charge in [0.15, 0.2) is 0 Å². The zero-order valence-corrected chi connectivity index (χ0v) is 11.4. The number of carboxylic acids is 1. The third kappa shape index (κ3) is 6.35. The summed E-state index contributed by atoms with van der Waals surface area (Å²) in [5.41, 5.74) is -0.0170. The molecule has 2 amide bonds. The van der Waals surface area contributed by atoms with Crippen molar-refractivity contribution in [3.8, 4) is 0 Å². The SMILES string of the molecule is O=C(NCCCC(F)(F)F)Nc1cc(C(=O)O)ccc1Cl. The Morgan fingerprint density at radius 2 is 1.95 bits per heavy atom. The second-order valence-electron chi connectivity index (χ2n) is 4.10. The van der Waals surface area contributed by atoms with E-state index in [4.69, 9.17) is 16.7 Å². The van der Waals surface area contributed by atoms with Crippen LogP contribution in [0.25, 0.3) is 0 Å². The summed E-state index contributed by atoms with van der Waals surface area (Å²) in [6.45, 7) is -0.165. The van der Waals surface area contributed by atoms with E-state index in [0.717, 1.165) is 6.07 Å². The summed E-state index contributed by atoms with van der Waals surface area (Å²) in [5.74, 6) is -1.19. The molecule has 1 aromatic carbocycles. The summed E-state index contributed by atoms with van der Waals surface area (Å²) in [6.07, 6.45) is -5.51. The van der Waals surface area contributed by atoms with Crippen LogP contribution in [0.3, 0.4) is 0 Å². The van der Waals surface area contributed by atoms with Crippen molar-refractivity contribution in [2.75, 3.05) is 11.9 Å². The van der Waals surface area contributed by atoms with Gasteiger partial charge in [-0.1, -0.05) is 11.6 Å². The largest absolute Gasteiger partial charge is 0.478 e. The molecule has 0 heterocycles. The number of benzene rings is 1. The number of amides is 2. The number of halogens is 4. The maximum Gasteiger partial charge on any atom is 0.389 e. The Hall–Kier alpha value is -1.96. The quantitative estimate of drug-likeness (QED) is 0.725. The fourth-order valence-electron chi connectivity index (χ4n) is 1.41. The van der Waals surface area contributed by atoms with Crippen LogP contribution in [-0.4, -0.2) is 29.8 Å². The fourth-order valence-corrected chi connectivity index (χ4v) is 1.58. The van der Waals surface area contributed by atoms with Crippen molar-refractivity contribution >= 4 is 29.3 Å². The first kappa shape index (κ1) is 17.1. The van der Waals surface area contributed by atoms with Crippen molar-refractivity contribution in [3.63, 3.8) is 0 Å². The maximum absolute atomic E-state index is 11.9. The third-order valence-electron chi connectivity index (χ3n) is 2.38. The van der Waals surface area contributed by atoms with Crippen LogP contribution in [0.15, 0.2) is 18.2 Å². The minimum Gasteiger partial charge on any atom is -0.478 e. The number of carboxylic acid groups (broad SMARTS) is 1. The number of aromatic carboxylic acids is 1. The molecule has 1 aromatic rings. The van der Waals surface area contributed by atoms with Crippen molar-refractivity contribution in [2.24, 2.45) is 0 Å². The molecule has 0 bridgehead atoms. The molecule has 0 unspecified atom stereocenters. The van der Waals surface area contributed by atoms with Gasteiger partial charge in [-0.2, -0.15) is 13.2 Å². The van der Waals surface area contributed by atoms with Gasteiger partial charge >= 0.3 is 18.2 Å². The Balaban J connectivity index is 2.51. The highest BCUT2D eigenvalue weighted by Crippen LogP contribution is 2.23. The molecule has 0 aliphatic rings. The fraction of sp³-hybridized carbons (Fsp3) is 0.333. The highest BCUT2D eigenvalue weighted by molar-refractivity contribution is 6.33. The predicted octanol–water partition coefficient (Wildman–Crippen LogP) is 3.50. The van der Waals surface area contributed by atoms with E-state index >= 15 is 0 Å². The van der Waals surface area contributed by atoms with E-state index in [2.05, 4.69) is 10.6 Å². The number of alkyl halides is 3. The van der Waals surface area contributed by atoms with E-state index in [-0.39, 0.29) is 29.2 Å². The standard InChI is InChI=1S/C12H12ClF3N2O3/c13-8-3-2-7(10(19)20)6-9(8)18-11(21)17-5-1-4-12(14,15)16/h2-3,6H,1,4-5H2,(H,19,20)(H2,17,18,21). The summed E-state index contributed by atoms with van der Waals surface area (Å²) in [5, 5.41) is 13.4. The van der Waals surface area contributed by atoms with Gasteiger partial charge in [0, 0.05) is 13.0 Å². The van der Waals surface area contributed by atoms with Crippen LogP contribution < -0.4 is 10.6 Å². The van der Waals surface area contributed by atoms with Crippen LogP contribution in [0.1, 0.15) is 23.2 Å². The van der Waals surface area contributed by atoms with Gasteiger partial charge in [-0.05, 0) is 24.6 Å². The minimum absolute atomic E-state index is 0.0601. The number of nitrogens with one attached hydrogen (secondary N) is 2. The Kier molecular flexibility index (Phi) is 5.83. The van der Waals surface area contributed by atoms with Crippen molar-refractivity contribution < 1.29 is 27.9 Å². The zero-order chi connectivity index (χ0) is 16.0. The average molecular weight is 325 g/mol. The Morgan fingerprint density at radius 3 is 2.52 bits per heavy atom. The highest BCUT2D eigenvalue weighted by atomic mass is 35.5. The molecule has 3 N–H and O–H groups in total. The molecule has 9 heteroatoms. The Labute approximate surface area is 123 Å². The number of rotatable bonds is 5. The molecule has 0 fully saturated rings. The summed E-state index contributed by atoms with van der Waals surface area (Å²) < 4.78 is 35.7. The molecule has 21 heavy (non-hydrogen) atoms. The lowest BCUT2D eigenvalue weighted by molar-refractivity contribution is -0.135. The lowest BCUT2D eigenvalue weighted by atomic mass is 10.2. The second-order valence-corrected chi connectivity index (χ2v) is 4.51. The van der Waals surface area contributed by atoms with Crippen molar-refractivity contribution in [3.05, 3.63) is 28.8 Å². The van der Waals surface area contributed by atoms with Crippen LogP contribution in [0.4, 0.5) is 23.7 Å². The normalized spacial score (nSPS) is 11.0. The monoisotopic (exact) mass is 324 g/mol. The molecule has 0 radical (unpaired) electrons. The molecule has 5 nitrogen and oxygen atoms in total. The van der Waals surface area contributed by atoms with E-state index < -0.39 is 24.6 Å². The molecule has 0 atom stereocenters. The number of hydrogen-bond acceptors (Lipinski definition) is 2. The average Bonchev–Trinajstić information content (AvgIpc) is 2.36. The summed E-state index contributed by atoms with van der Waals surface area (Å²) in [4.78, 5) is 22.2. The van der Waals surface area contributed by atoms with Gasteiger partial charge in [-0.25, -0.2) is 9.59 Å². The topological polar surface area (TPSA) is 78.4 Å². The maximum atomic E-state index is 11.9. The third-order valence-corrected chi connectivity index (χ3v) is 2.71. The molecular formula is C12H12ClF3N2O3. The van der Waals surface area contributed by atoms with E-state index in [9.17, 15) is 22.8 Å². The minimum atomic E-state index is -4.27. The van der Waals surface area contributed by atoms with Gasteiger partial charge in [0.1, 0.15) is 0 Å². The van der Waals surface area contributed by atoms with Gasteiger partial charge in [-0.15, -0.1) is 0 Å². The highest BCUT2D eigenvalue weighted by Gasteiger charge is 2.25. The predicted molar refractivity (Wildman–Crippen MR) is 70.7 cm³/mol.